The molecule has 0 aromatic carbocycles. The molecular weight excluding hydrogens is 182 g/mol. The third kappa shape index (κ3) is 1.65. The molecule has 1 heterocycles. The molecule has 0 amide bonds. The minimum absolute atomic E-state index is 0.335. The van der Waals surface area contributed by atoms with E-state index in [2.05, 4.69) is 10.1 Å². The van der Waals surface area contributed by atoms with Crippen molar-refractivity contribution in [3.63, 3.8) is 0 Å². The highest BCUT2D eigenvalue weighted by molar-refractivity contribution is 5.02. The number of rotatable bonds is 3. The van der Waals surface area contributed by atoms with E-state index in [0.29, 0.717) is 11.8 Å². The van der Waals surface area contributed by atoms with Gasteiger partial charge >= 0.3 is 0 Å². The Balaban J connectivity index is 2.08. The lowest BCUT2D eigenvalue weighted by Crippen LogP contribution is -2.23. The van der Waals surface area contributed by atoms with Crippen molar-refractivity contribution in [3.05, 3.63) is 11.7 Å². The van der Waals surface area contributed by atoms with Gasteiger partial charge in [0.25, 0.3) is 0 Å². The molecule has 5 heteroatoms. The Morgan fingerprint density at radius 2 is 2.29 bits per heavy atom. The smallest absolute Gasteiger partial charge is 0.246 e. The maximum absolute atomic E-state index is 9.24. The van der Waals surface area contributed by atoms with Gasteiger partial charge in [0.1, 0.15) is 6.04 Å². The molecule has 2 unspecified atom stereocenters. The number of hydrogen-bond donors (Lipinski definition) is 2. The molecule has 0 radical (unpaired) electrons. The van der Waals surface area contributed by atoms with Crippen LogP contribution in [0.5, 0.6) is 0 Å². The molecule has 2 atom stereocenters. The van der Waals surface area contributed by atoms with Gasteiger partial charge in [0.2, 0.25) is 5.89 Å². The monoisotopic (exact) mass is 197 g/mol. The van der Waals surface area contributed by atoms with E-state index in [0.717, 1.165) is 18.7 Å². The molecule has 78 valence electrons. The van der Waals surface area contributed by atoms with Crippen molar-refractivity contribution in [2.75, 3.05) is 0 Å². The zero-order valence-corrected chi connectivity index (χ0v) is 8.18. The van der Waals surface area contributed by atoms with Gasteiger partial charge in [0.15, 0.2) is 5.82 Å². The highest BCUT2D eigenvalue weighted by Crippen LogP contribution is 2.34. The number of nitrogens with zero attached hydrogens (tertiary/aromatic N) is 2. The molecule has 3 N–H and O–H groups in total. The van der Waals surface area contributed by atoms with Crippen molar-refractivity contribution in [2.45, 2.75) is 44.2 Å². The van der Waals surface area contributed by atoms with Crippen LogP contribution in [0, 0.1) is 0 Å². The van der Waals surface area contributed by atoms with Crippen molar-refractivity contribution in [1.82, 2.24) is 10.1 Å². The fraction of sp³-hybridized carbons (Fsp3) is 0.778. The number of aliphatic hydroxyl groups excluding tert-OH is 1. The summed E-state index contributed by atoms with van der Waals surface area (Å²) in [6.07, 6.45) is 2.83. The van der Waals surface area contributed by atoms with Gasteiger partial charge in [-0.15, -0.1) is 0 Å². The maximum Gasteiger partial charge on any atom is 0.246 e. The van der Waals surface area contributed by atoms with Crippen LogP contribution < -0.4 is 5.73 Å². The highest BCUT2D eigenvalue weighted by atomic mass is 16.5. The quantitative estimate of drug-likeness (QED) is 0.745. The van der Waals surface area contributed by atoms with E-state index >= 15 is 0 Å². The largest absolute Gasteiger partial charge is 0.391 e. The summed E-state index contributed by atoms with van der Waals surface area (Å²) in [7, 11) is 0. The minimum atomic E-state index is -0.662. The molecule has 1 saturated carbocycles. The lowest BCUT2D eigenvalue weighted by atomic mass is 9.85. The average molecular weight is 197 g/mol. The van der Waals surface area contributed by atoms with Crippen LogP contribution in [0.15, 0.2) is 4.52 Å². The van der Waals surface area contributed by atoms with Gasteiger partial charge in [0, 0.05) is 5.92 Å². The molecule has 14 heavy (non-hydrogen) atoms. The van der Waals surface area contributed by atoms with E-state index in [1.54, 1.807) is 6.92 Å². The van der Waals surface area contributed by atoms with Crippen LogP contribution in [-0.2, 0) is 0 Å². The first kappa shape index (κ1) is 9.61. The molecule has 1 fully saturated rings. The third-order valence-electron chi connectivity index (χ3n) is 2.73. The summed E-state index contributed by atoms with van der Waals surface area (Å²) >= 11 is 0. The second-order valence-corrected chi connectivity index (χ2v) is 3.89. The van der Waals surface area contributed by atoms with Crippen LogP contribution in [0.2, 0.25) is 0 Å². The summed E-state index contributed by atoms with van der Waals surface area (Å²) in [6.45, 7) is 1.61. The Kier molecular flexibility index (Phi) is 2.52. The summed E-state index contributed by atoms with van der Waals surface area (Å²) in [4.78, 5) is 4.19. The third-order valence-corrected chi connectivity index (χ3v) is 2.73. The maximum atomic E-state index is 9.24. The standard InChI is InChI=1S/C9H15N3O2/c1-5(13)7(10)9-11-8(12-14-9)6-3-2-4-6/h5-7,13H,2-4,10H2,1H3. The molecule has 1 aromatic heterocycles. The molecule has 0 saturated heterocycles. The van der Waals surface area contributed by atoms with Crippen molar-refractivity contribution in [1.29, 1.82) is 0 Å². The zero-order chi connectivity index (χ0) is 10.1. The summed E-state index contributed by atoms with van der Waals surface area (Å²) in [5.41, 5.74) is 5.66. The Bertz CT molecular complexity index is 307. The van der Waals surface area contributed by atoms with E-state index in [9.17, 15) is 5.11 Å². The van der Waals surface area contributed by atoms with E-state index in [1.807, 2.05) is 0 Å². The first-order valence-corrected chi connectivity index (χ1v) is 4.95. The van der Waals surface area contributed by atoms with Gasteiger partial charge in [-0.1, -0.05) is 11.6 Å². The Morgan fingerprint density at radius 1 is 1.57 bits per heavy atom. The Hall–Kier alpha value is -0.940. The van der Waals surface area contributed by atoms with Crippen LogP contribution in [0.25, 0.3) is 0 Å². The number of aliphatic hydroxyl groups is 1. The van der Waals surface area contributed by atoms with Gasteiger partial charge in [0.05, 0.1) is 6.10 Å². The molecule has 1 aromatic rings. The second kappa shape index (κ2) is 3.67. The number of aromatic nitrogens is 2. The highest BCUT2D eigenvalue weighted by Gasteiger charge is 2.26. The predicted molar refractivity (Wildman–Crippen MR) is 49.5 cm³/mol. The molecule has 5 nitrogen and oxygen atoms in total. The van der Waals surface area contributed by atoms with Crippen molar-refractivity contribution in [2.24, 2.45) is 5.73 Å². The van der Waals surface area contributed by atoms with E-state index in [1.165, 1.54) is 6.42 Å². The van der Waals surface area contributed by atoms with Crippen molar-refractivity contribution >= 4 is 0 Å². The van der Waals surface area contributed by atoms with Crippen LogP contribution in [0.1, 0.15) is 49.9 Å². The number of hydrogen-bond acceptors (Lipinski definition) is 5. The van der Waals surface area contributed by atoms with Crippen LogP contribution in [-0.4, -0.2) is 21.4 Å². The molecular formula is C9H15N3O2. The van der Waals surface area contributed by atoms with E-state index < -0.39 is 12.1 Å². The fourth-order valence-electron chi connectivity index (χ4n) is 1.42. The van der Waals surface area contributed by atoms with Crippen LogP contribution in [0.4, 0.5) is 0 Å². The molecule has 1 aliphatic carbocycles. The van der Waals surface area contributed by atoms with Crippen molar-refractivity contribution < 1.29 is 9.63 Å². The summed E-state index contributed by atoms with van der Waals surface area (Å²) in [5, 5.41) is 13.1. The normalized spacial score (nSPS) is 21.6. The summed E-state index contributed by atoms with van der Waals surface area (Å²) in [5.74, 6) is 1.51. The van der Waals surface area contributed by atoms with E-state index in [4.69, 9.17) is 10.3 Å². The molecule has 0 aliphatic heterocycles. The van der Waals surface area contributed by atoms with Crippen LogP contribution in [0.3, 0.4) is 0 Å². The summed E-state index contributed by atoms with van der Waals surface area (Å²) in [6, 6.07) is -0.573. The Labute approximate surface area is 82.3 Å². The molecule has 1 aliphatic rings. The first-order chi connectivity index (χ1) is 6.68. The van der Waals surface area contributed by atoms with Gasteiger partial charge in [-0.2, -0.15) is 4.98 Å². The lowest BCUT2D eigenvalue weighted by Gasteiger charge is -2.21. The molecule has 0 spiro atoms. The minimum Gasteiger partial charge on any atom is -0.391 e. The Morgan fingerprint density at radius 3 is 2.79 bits per heavy atom. The zero-order valence-electron chi connectivity index (χ0n) is 8.18. The fourth-order valence-corrected chi connectivity index (χ4v) is 1.42. The SMILES string of the molecule is CC(O)C(N)c1nc(C2CCC2)no1. The molecule has 0 bridgehead atoms. The molecule has 2 rings (SSSR count). The van der Waals surface area contributed by atoms with Gasteiger partial charge in [-0.05, 0) is 19.8 Å². The van der Waals surface area contributed by atoms with Crippen molar-refractivity contribution in [3.8, 4) is 0 Å². The predicted octanol–water partition coefficient (Wildman–Crippen LogP) is 0.718. The average Bonchev–Trinajstić information content (AvgIpc) is 2.48. The van der Waals surface area contributed by atoms with Gasteiger partial charge < -0.3 is 15.4 Å². The topological polar surface area (TPSA) is 85.2 Å². The van der Waals surface area contributed by atoms with Gasteiger partial charge in [-0.3, -0.25) is 0 Å². The number of nitrogens with two attached hydrogens (primary N) is 1. The van der Waals surface area contributed by atoms with Gasteiger partial charge in [-0.25, -0.2) is 0 Å². The first-order valence-electron chi connectivity index (χ1n) is 4.95. The van der Waals surface area contributed by atoms with Crippen LogP contribution >= 0.6 is 0 Å². The lowest BCUT2D eigenvalue weighted by molar-refractivity contribution is 0.146. The second-order valence-electron chi connectivity index (χ2n) is 3.89. The summed E-state index contributed by atoms with van der Waals surface area (Å²) < 4.78 is 5.00. The van der Waals surface area contributed by atoms with E-state index in [-0.39, 0.29) is 0 Å².